The van der Waals surface area contributed by atoms with Crippen LogP contribution in [0.5, 0.6) is 0 Å². The van der Waals surface area contributed by atoms with Crippen LogP contribution in [-0.2, 0) is 28.6 Å². The maximum Gasteiger partial charge on any atom is 0.306 e. The zero-order chi connectivity index (χ0) is 37.3. The first kappa shape index (κ1) is 49.4. The van der Waals surface area contributed by atoms with E-state index in [0.29, 0.717) is 32.7 Å². The molecule has 0 rings (SSSR count). The summed E-state index contributed by atoms with van der Waals surface area (Å²) in [5, 5.41) is 0. The lowest BCUT2D eigenvalue weighted by atomic mass is 9.94. The molecule has 0 aromatic heterocycles. The third-order valence-electron chi connectivity index (χ3n) is 10.3. The van der Waals surface area contributed by atoms with Gasteiger partial charge < -0.3 is 14.2 Å². The number of rotatable bonds is 41. The average molecular weight is 723 g/mol. The average Bonchev–Trinajstić information content (AvgIpc) is 3.12. The Balaban J connectivity index is 4.33. The number of hydrogen-bond acceptors (Lipinski definition) is 6. The zero-order valence-corrected chi connectivity index (χ0v) is 34.4. The summed E-state index contributed by atoms with van der Waals surface area (Å²) >= 11 is 0. The predicted molar refractivity (Wildman–Crippen MR) is 215 cm³/mol. The second-order valence-electron chi connectivity index (χ2n) is 15.4. The molecule has 0 bridgehead atoms. The van der Waals surface area contributed by atoms with Crippen molar-refractivity contribution >= 4 is 17.9 Å². The van der Waals surface area contributed by atoms with Gasteiger partial charge >= 0.3 is 17.9 Å². The van der Waals surface area contributed by atoms with E-state index in [1.807, 2.05) is 0 Å². The molecule has 0 unspecified atom stereocenters. The summed E-state index contributed by atoms with van der Waals surface area (Å²) in [6, 6.07) is 0. The molecular weight excluding hydrogens is 636 g/mol. The number of unbranched alkanes of at least 4 members (excludes halogenated alkanes) is 27. The van der Waals surface area contributed by atoms with Crippen molar-refractivity contribution in [3.05, 3.63) is 0 Å². The van der Waals surface area contributed by atoms with Crippen molar-refractivity contribution in [2.75, 3.05) is 19.8 Å². The maximum atomic E-state index is 12.7. The summed E-state index contributed by atoms with van der Waals surface area (Å²) in [5.74, 6) is -0.746. The van der Waals surface area contributed by atoms with Crippen LogP contribution in [0.15, 0.2) is 0 Å². The van der Waals surface area contributed by atoms with E-state index in [1.165, 1.54) is 154 Å². The van der Waals surface area contributed by atoms with E-state index in [4.69, 9.17) is 14.2 Å². The molecule has 0 N–H and O–H groups in total. The fraction of sp³-hybridized carbons (Fsp3) is 0.933. The minimum atomic E-state index is -0.228. The Hall–Kier alpha value is -1.59. The molecule has 0 aliphatic heterocycles. The predicted octanol–water partition coefficient (Wildman–Crippen LogP) is 13.9. The third-order valence-corrected chi connectivity index (χ3v) is 10.3. The van der Waals surface area contributed by atoms with Gasteiger partial charge in [-0.1, -0.05) is 194 Å². The summed E-state index contributed by atoms with van der Waals surface area (Å²) in [4.78, 5) is 37.7. The molecule has 0 aliphatic carbocycles. The normalized spacial score (nSPS) is 11.3. The van der Waals surface area contributed by atoms with Crippen LogP contribution in [0, 0.1) is 5.92 Å². The number of hydrogen-bond donors (Lipinski definition) is 0. The van der Waals surface area contributed by atoms with Crippen molar-refractivity contribution in [1.82, 2.24) is 0 Å². The van der Waals surface area contributed by atoms with E-state index >= 15 is 0 Å². The molecular formula is C45H86O6. The Labute approximate surface area is 317 Å². The van der Waals surface area contributed by atoms with Crippen molar-refractivity contribution in [3.63, 3.8) is 0 Å². The highest BCUT2D eigenvalue weighted by molar-refractivity contribution is 5.72. The summed E-state index contributed by atoms with van der Waals surface area (Å²) in [7, 11) is 0. The van der Waals surface area contributed by atoms with Crippen LogP contribution >= 0.6 is 0 Å². The highest BCUT2D eigenvalue weighted by Gasteiger charge is 2.19. The monoisotopic (exact) mass is 723 g/mol. The smallest absolute Gasteiger partial charge is 0.306 e. The molecule has 0 spiro atoms. The highest BCUT2D eigenvalue weighted by Crippen LogP contribution is 2.21. The Kier molecular flexibility index (Phi) is 39.9. The molecule has 0 atom stereocenters. The fourth-order valence-electron chi connectivity index (χ4n) is 6.76. The number of ether oxygens (including phenoxy) is 3. The van der Waals surface area contributed by atoms with E-state index in [2.05, 4.69) is 20.8 Å². The van der Waals surface area contributed by atoms with Crippen molar-refractivity contribution in [1.29, 1.82) is 0 Å². The van der Waals surface area contributed by atoms with E-state index in [-0.39, 0.29) is 43.1 Å². The second kappa shape index (κ2) is 41.2. The van der Waals surface area contributed by atoms with E-state index in [1.54, 1.807) is 0 Å². The van der Waals surface area contributed by atoms with Crippen LogP contribution in [0.1, 0.15) is 245 Å². The minimum absolute atomic E-state index is 0.0973. The van der Waals surface area contributed by atoms with Gasteiger partial charge in [0.2, 0.25) is 0 Å². The minimum Gasteiger partial charge on any atom is -0.466 e. The number of esters is 3. The van der Waals surface area contributed by atoms with Gasteiger partial charge in [-0.15, -0.1) is 0 Å². The van der Waals surface area contributed by atoms with Crippen LogP contribution < -0.4 is 0 Å². The molecule has 0 heterocycles. The molecule has 0 saturated heterocycles. The molecule has 0 amide bonds. The first-order chi connectivity index (χ1) is 25.0. The molecule has 0 fully saturated rings. The van der Waals surface area contributed by atoms with Gasteiger partial charge in [-0.3, -0.25) is 14.4 Å². The Bertz CT molecular complexity index is 711. The molecule has 0 saturated carbocycles. The summed E-state index contributed by atoms with van der Waals surface area (Å²) in [6.07, 6.45) is 39.1. The van der Waals surface area contributed by atoms with Crippen LogP contribution in [-0.4, -0.2) is 37.7 Å². The zero-order valence-electron chi connectivity index (χ0n) is 34.4. The lowest BCUT2D eigenvalue weighted by Crippen LogP contribution is -2.17. The van der Waals surface area contributed by atoms with Gasteiger partial charge in [0.15, 0.2) is 0 Å². The summed E-state index contributed by atoms with van der Waals surface area (Å²) in [5.41, 5.74) is 0. The van der Waals surface area contributed by atoms with Crippen molar-refractivity contribution in [3.8, 4) is 0 Å². The number of carbonyl (C=O) groups excluding carboxylic acids is 3. The van der Waals surface area contributed by atoms with Gasteiger partial charge in [0.1, 0.15) is 0 Å². The van der Waals surface area contributed by atoms with Crippen molar-refractivity contribution < 1.29 is 28.6 Å². The van der Waals surface area contributed by atoms with Crippen molar-refractivity contribution in [2.24, 2.45) is 5.92 Å². The number of carbonyl (C=O) groups is 3. The van der Waals surface area contributed by atoms with Crippen LogP contribution in [0.3, 0.4) is 0 Å². The topological polar surface area (TPSA) is 78.9 Å². The maximum absolute atomic E-state index is 12.7. The van der Waals surface area contributed by atoms with E-state index in [9.17, 15) is 14.4 Å². The molecule has 302 valence electrons. The summed E-state index contributed by atoms with van der Waals surface area (Å²) in [6.45, 7) is 8.13. The molecule has 0 aromatic rings. The van der Waals surface area contributed by atoms with Gasteiger partial charge in [-0.2, -0.15) is 0 Å². The first-order valence-corrected chi connectivity index (χ1v) is 22.5. The van der Waals surface area contributed by atoms with Crippen LogP contribution in [0.4, 0.5) is 0 Å². The van der Waals surface area contributed by atoms with Crippen LogP contribution in [0.2, 0.25) is 0 Å². The highest BCUT2D eigenvalue weighted by atomic mass is 16.5. The van der Waals surface area contributed by atoms with Gasteiger partial charge in [0, 0.05) is 19.3 Å². The third kappa shape index (κ3) is 39.5. The van der Waals surface area contributed by atoms with Gasteiger partial charge in [-0.05, 0) is 38.0 Å². The largest absolute Gasteiger partial charge is 0.466 e. The Morgan fingerprint density at radius 3 is 0.843 bits per heavy atom. The second-order valence-corrected chi connectivity index (χ2v) is 15.4. The van der Waals surface area contributed by atoms with Gasteiger partial charge in [-0.25, -0.2) is 0 Å². The van der Waals surface area contributed by atoms with Crippen molar-refractivity contribution in [2.45, 2.75) is 245 Å². The molecule has 6 nitrogen and oxygen atoms in total. The molecule has 51 heavy (non-hydrogen) atoms. The van der Waals surface area contributed by atoms with E-state index < -0.39 is 0 Å². The molecule has 0 aliphatic rings. The Morgan fingerprint density at radius 1 is 0.333 bits per heavy atom. The molecule has 0 aromatic carbocycles. The fourth-order valence-corrected chi connectivity index (χ4v) is 6.76. The lowest BCUT2D eigenvalue weighted by Gasteiger charge is -2.16. The first-order valence-electron chi connectivity index (χ1n) is 22.5. The Morgan fingerprint density at radius 2 is 0.569 bits per heavy atom. The SMILES string of the molecule is CCCCCCCCCCCCOC(=O)CCC(CCC(=O)OCCCCCCCCCCCC)CC(=O)OCCCCCCCCCCCC. The molecule has 0 radical (unpaired) electrons. The van der Waals surface area contributed by atoms with Gasteiger partial charge in [0.25, 0.3) is 0 Å². The van der Waals surface area contributed by atoms with E-state index in [0.717, 1.165) is 38.5 Å². The molecule has 6 heteroatoms. The van der Waals surface area contributed by atoms with Crippen LogP contribution in [0.25, 0.3) is 0 Å². The standard InChI is InChI=1S/C45H86O6/c1-4-7-10-13-16-19-22-25-28-31-38-49-43(46)36-34-42(41-45(48)51-40-33-30-27-24-21-18-15-12-9-6-3)35-37-44(47)50-39-32-29-26-23-20-17-14-11-8-5-2/h42H,4-41H2,1-3H3. The van der Waals surface area contributed by atoms with Gasteiger partial charge in [0.05, 0.1) is 19.8 Å². The lowest BCUT2D eigenvalue weighted by molar-refractivity contribution is -0.148. The quantitative estimate of drug-likeness (QED) is 0.0355. The summed E-state index contributed by atoms with van der Waals surface area (Å²) < 4.78 is 16.6.